The van der Waals surface area contributed by atoms with Gasteiger partial charge in [-0.3, -0.25) is 0 Å². The number of para-hydroxylation sites is 1. The van der Waals surface area contributed by atoms with E-state index < -0.39 is 5.60 Å². The Labute approximate surface area is 144 Å². The summed E-state index contributed by atoms with van der Waals surface area (Å²) in [5, 5.41) is 28.7. The zero-order valence-corrected chi connectivity index (χ0v) is 14.2. The Balaban J connectivity index is 1.89. The molecule has 1 aliphatic rings. The fraction of sp³-hybridized carbons (Fsp3) is 0.579. The number of ether oxygens (including phenoxy) is 1. The molecular formula is C19H25N3O2. The molecule has 0 bridgehead atoms. The first kappa shape index (κ1) is 18.3. The Morgan fingerprint density at radius 1 is 1.29 bits per heavy atom. The molecule has 128 valence electrons. The third-order valence-corrected chi connectivity index (χ3v) is 4.76. The van der Waals surface area contributed by atoms with Gasteiger partial charge in [0.2, 0.25) is 0 Å². The second-order valence-corrected chi connectivity index (χ2v) is 6.54. The van der Waals surface area contributed by atoms with Crippen LogP contribution >= 0.6 is 0 Å². The van der Waals surface area contributed by atoms with Crippen LogP contribution in [0.1, 0.15) is 31.2 Å². The van der Waals surface area contributed by atoms with Crippen LogP contribution in [0.15, 0.2) is 24.3 Å². The molecule has 1 saturated heterocycles. The predicted octanol–water partition coefficient (Wildman–Crippen LogP) is 2.51. The molecule has 0 saturated carbocycles. The van der Waals surface area contributed by atoms with Crippen molar-refractivity contribution in [2.24, 2.45) is 5.92 Å². The second kappa shape index (κ2) is 8.68. The summed E-state index contributed by atoms with van der Waals surface area (Å²) in [7, 11) is 1.65. The average Bonchev–Trinajstić information content (AvgIpc) is 2.60. The molecule has 0 aromatic heterocycles. The molecule has 0 spiro atoms. The molecule has 1 unspecified atom stereocenters. The Kier molecular flexibility index (Phi) is 6.61. The Hall–Kier alpha value is -2.08. The smallest absolute Gasteiger partial charge is 0.122 e. The molecule has 24 heavy (non-hydrogen) atoms. The van der Waals surface area contributed by atoms with Gasteiger partial charge in [0.05, 0.1) is 30.8 Å². The van der Waals surface area contributed by atoms with Crippen LogP contribution < -0.4 is 4.74 Å². The molecule has 1 heterocycles. The van der Waals surface area contributed by atoms with E-state index in [1.54, 1.807) is 7.11 Å². The van der Waals surface area contributed by atoms with Gasteiger partial charge in [0.25, 0.3) is 0 Å². The first-order valence-corrected chi connectivity index (χ1v) is 8.43. The van der Waals surface area contributed by atoms with E-state index in [4.69, 9.17) is 10.00 Å². The molecule has 1 atom stereocenters. The lowest BCUT2D eigenvalue weighted by molar-refractivity contribution is -0.0227. The van der Waals surface area contributed by atoms with Crippen LogP contribution in [-0.2, 0) is 6.42 Å². The van der Waals surface area contributed by atoms with Crippen LogP contribution in [0.25, 0.3) is 0 Å². The van der Waals surface area contributed by atoms with Gasteiger partial charge >= 0.3 is 0 Å². The quantitative estimate of drug-likeness (QED) is 0.832. The number of hydrogen-bond acceptors (Lipinski definition) is 5. The number of likely N-dealkylation sites (tertiary alicyclic amines) is 1. The SMILES string of the molecule is COc1ccccc1CC1(O)CCN(CC(C#N)CCC#N)CC1. The van der Waals surface area contributed by atoms with Crippen LogP contribution in [0.3, 0.4) is 0 Å². The van der Waals surface area contributed by atoms with Gasteiger partial charge in [-0.25, -0.2) is 0 Å². The maximum absolute atomic E-state index is 10.9. The summed E-state index contributed by atoms with van der Waals surface area (Å²) in [6.45, 7) is 2.23. The highest BCUT2D eigenvalue weighted by Crippen LogP contribution is 2.30. The standard InChI is InChI=1S/C19H25N3O2/c1-24-18-7-3-2-6-17(18)13-19(23)8-11-22(12-9-19)15-16(14-21)5-4-10-20/h2-3,6-7,16,23H,4-5,8-9,11-13,15H2,1H3. The number of methoxy groups -OCH3 is 1. The summed E-state index contributed by atoms with van der Waals surface area (Å²) in [5.74, 6) is 0.708. The number of nitrogens with zero attached hydrogens (tertiary/aromatic N) is 3. The number of nitriles is 2. The van der Waals surface area contributed by atoms with Crippen molar-refractivity contribution in [3.05, 3.63) is 29.8 Å². The van der Waals surface area contributed by atoms with Gasteiger partial charge in [-0.2, -0.15) is 10.5 Å². The van der Waals surface area contributed by atoms with Crippen molar-refractivity contribution in [1.29, 1.82) is 10.5 Å². The van der Waals surface area contributed by atoms with E-state index in [0.29, 0.717) is 38.6 Å². The molecule has 0 amide bonds. The molecule has 1 aromatic rings. The number of aliphatic hydroxyl groups is 1. The van der Waals surface area contributed by atoms with Crippen molar-refractivity contribution in [3.63, 3.8) is 0 Å². The van der Waals surface area contributed by atoms with Crippen molar-refractivity contribution < 1.29 is 9.84 Å². The van der Waals surface area contributed by atoms with Gasteiger partial charge in [-0.05, 0) is 30.9 Å². The van der Waals surface area contributed by atoms with Crippen LogP contribution in [0.5, 0.6) is 5.75 Å². The number of hydrogen-bond donors (Lipinski definition) is 1. The molecule has 1 aliphatic heterocycles. The van der Waals surface area contributed by atoms with Crippen molar-refractivity contribution in [2.45, 2.75) is 37.7 Å². The van der Waals surface area contributed by atoms with E-state index in [9.17, 15) is 10.4 Å². The molecule has 1 fully saturated rings. The number of benzene rings is 1. The van der Waals surface area contributed by atoms with Gasteiger partial charge in [0.15, 0.2) is 0 Å². The molecule has 0 radical (unpaired) electrons. The second-order valence-electron chi connectivity index (χ2n) is 6.54. The lowest BCUT2D eigenvalue weighted by Gasteiger charge is -2.39. The van der Waals surface area contributed by atoms with Crippen LogP contribution in [-0.4, -0.2) is 42.4 Å². The first-order valence-electron chi connectivity index (χ1n) is 8.43. The monoisotopic (exact) mass is 327 g/mol. The fourth-order valence-electron chi connectivity index (χ4n) is 3.28. The zero-order chi connectivity index (χ0) is 17.4. The fourth-order valence-corrected chi connectivity index (χ4v) is 3.28. The summed E-state index contributed by atoms with van der Waals surface area (Å²) in [4.78, 5) is 2.22. The Morgan fingerprint density at radius 3 is 2.62 bits per heavy atom. The summed E-state index contributed by atoms with van der Waals surface area (Å²) in [6, 6.07) is 12.2. The summed E-state index contributed by atoms with van der Waals surface area (Å²) in [6.07, 6.45) is 2.99. The van der Waals surface area contributed by atoms with Gasteiger partial charge in [0, 0.05) is 32.5 Å². The highest BCUT2D eigenvalue weighted by Gasteiger charge is 2.33. The van der Waals surface area contributed by atoms with Crippen molar-refractivity contribution in [3.8, 4) is 17.9 Å². The molecule has 1 aromatic carbocycles. The highest BCUT2D eigenvalue weighted by molar-refractivity contribution is 5.34. The van der Waals surface area contributed by atoms with Gasteiger partial charge < -0.3 is 14.7 Å². The van der Waals surface area contributed by atoms with E-state index in [-0.39, 0.29) is 5.92 Å². The van der Waals surface area contributed by atoms with Gasteiger partial charge in [-0.1, -0.05) is 18.2 Å². The molecular weight excluding hydrogens is 302 g/mol. The minimum atomic E-state index is -0.722. The minimum absolute atomic E-state index is 0.106. The third kappa shape index (κ3) is 4.96. The zero-order valence-electron chi connectivity index (χ0n) is 14.2. The summed E-state index contributed by atoms with van der Waals surface area (Å²) >= 11 is 0. The maximum Gasteiger partial charge on any atom is 0.122 e. The van der Waals surface area contributed by atoms with Crippen LogP contribution in [0.4, 0.5) is 0 Å². The van der Waals surface area contributed by atoms with E-state index in [2.05, 4.69) is 17.0 Å². The molecule has 5 heteroatoms. The average molecular weight is 327 g/mol. The lowest BCUT2D eigenvalue weighted by Crippen LogP contribution is -2.46. The Bertz CT molecular complexity index is 610. The van der Waals surface area contributed by atoms with Crippen molar-refractivity contribution in [2.75, 3.05) is 26.7 Å². The molecule has 0 aliphatic carbocycles. The van der Waals surface area contributed by atoms with E-state index in [0.717, 1.165) is 24.4 Å². The lowest BCUT2D eigenvalue weighted by atomic mass is 9.84. The summed E-state index contributed by atoms with van der Waals surface area (Å²) < 4.78 is 5.37. The summed E-state index contributed by atoms with van der Waals surface area (Å²) in [5.41, 5.74) is 0.305. The normalized spacial score (nSPS) is 18.3. The number of rotatable bonds is 7. The van der Waals surface area contributed by atoms with Gasteiger partial charge in [0.1, 0.15) is 5.75 Å². The molecule has 1 N–H and O–H groups in total. The molecule has 2 rings (SSSR count). The topological polar surface area (TPSA) is 80.3 Å². The van der Waals surface area contributed by atoms with E-state index >= 15 is 0 Å². The highest BCUT2D eigenvalue weighted by atomic mass is 16.5. The van der Waals surface area contributed by atoms with Gasteiger partial charge in [-0.15, -0.1) is 0 Å². The largest absolute Gasteiger partial charge is 0.496 e. The first-order chi connectivity index (χ1) is 11.6. The van der Waals surface area contributed by atoms with E-state index in [1.165, 1.54) is 0 Å². The molecule has 5 nitrogen and oxygen atoms in total. The maximum atomic E-state index is 10.9. The number of piperidine rings is 1. The van der Waals surface area contributed by atoms with Crippen molar-refractivity contribution in [1.82, 2.24) is 4.90 Å². The minimum Gasteiger partial charge on any atom is -0.496 e. The predicted molar refractivity (Wildman–Crippen MR) is 91.3 cm³/mol. The van der Waals surface area contributed by atoms with Crippen molar-refractivity contribution >= 4 is 0 Å². The van der Waals surface area contributed by atoms with E-state index in [1.807, 2.05) is 24.3 Å². The Morgan fingerprint density at radius 2 is 2.00 bits per heavy atom. The third-order valence-electron chi connectivity index (χ3n) is 4.76. The van der Waals surface area contributed by atoms with Crippen LogP contribution in [0.2, 0.25) is 0 Å². The van der Waals surface area contributed by atoms with Crippen LogP contribution in [0, 0.1) is 28.6 Å².